The van der Waals surface area contributed by atoms with Crippen LogP contribution in [0.2, 0.25) is 0 Å². The van der Waals surface area contributed by atoms with Crippen molar-refractivity contribution in [2.75, 3.05) is 19.0 Å². The van der Waals surface area contributed by atoms with Gasteiger partial charge < -0.3 is 15.4 Å². The maximum Gasteiger partial charge on any atom is 0.271 e. The Kier molecular flexibility index (Phi) is 5.46. The van der Waals surface area contributed by atoms with Gasteiger partial charge in [0, 0.05) is 49.6 Å². The summed E-state index contributed by atoms with van der Waals surface area (Å²) in [7, 11) is 3.88. The van der Waals surface area contributed by atoms with Crippen molar-refractivity contribution in [1.82, 2.24) is 15.0 Å². The Morgan fingerprint density at radius 1 is 1.09 bits per heavy atom. The first kappa shape index (κ1) is 20.9. The number of benzene rings is 3. The molecule has 4 aromatic rings. The van der Waals surface area contributed by atoms with Gasteiger partial charge in [0.15, 0.2) is 5.82 Å². The highest BCUT2D eigenvalue weighted by atomic mass is 16.6. The second-order valence-electron chi connectivity index (χ2n) is 7.50. The molecule has 0 fully saturated rings. The van der Waals surface area contributed by atoms with Crippen LogP contribution < -0.4 is 10.2 Å². The fourth-order valence-corrected chi connectivity index (χ4v) is 3.32. The second kappa shape index (κ2) is 8.38. The number of hydrogen-bond acceptors (Lipinski definition) is 6. The van der Waals surface area contributed by atoms with Crippen LogP contribution >= 0.6 is 0 Å². The molecule has 0 spiro atoms. The SMILES string of the molecule is CN(C)c1ccc(C(=O)NCc2ccc(-c3nc4ccc([N+](=O)[O-])cc4n3O)cc2)cc1. The number of hydrogen-bond donors (Lipinski definition) is 2. The van der Waals surface area contributed by atoms with Crippen molar-refractivity contribution < 1.29 is 14.9 Å². The average Bonchev–Trinajstić information content (AvgIpc) is 3.13. The number of carbonyl (C=O) groups excluding carboxylic acids is 1. The fraction of sp³-hybridized carbons (Fsp3) is 0.130. The Balaban J connectivity index is 1.47. The van der Waals surface area contributed by atoms with E-state index in [0.717, 1.165) is 16.0 Å². The highest BCUT2D eigenvalue weighted by Gasteiger charge is 2.16. The van der Waals surface area contributed by atoms with E-state index < -0.39 is 4.92 Å². The molecule has 4 rings (SSSR count). The van der Waals surface area contributed by atoms with Gasteiger partial charge in [0.25, 0.3) is 11.6 Å². The van der Waals surface area contributed by atoms with Gasteiger partial charge in [-0.25, -0.2) is 4.98 Å². The summed E-state index contributed by atoms with van der Waals surface area (Å²) >= 11 is 0. The quantitative estimate of drug-likeness (QED) is 0.272. The van der Waals surface area contributed by atoms with Gasteiger partial charge in [-0.05, 0) is 35.9 Å². The van der Waals surface area contributed by atoms with Crippen LogP contribution in [0.15, 0.2) is 66.7 Å². The van der Waals surface area contributed by atoms with Crippen molar-refractivity contribution in [3.8, 4) is 11.4 Å². The summed E-state index contributed by atoms with van der Waals surface area (Å²) in [5.41, 5.74) is 3.69. The molecule has 1 heterocycles. The molecule has 0 saturated carbocycles. The molecule has 3 aromatic carbocycles. The molecular weight excluding hydrogens is 410 g/mol. The third kappa shape index (κ3) is 4.08. The van der Waals surface area contributed by atoms with E-state index in [9.17, 15) is 20.1 Å². The molecule has 9 heteroatoms. The molecule has 1 amide bonds. The normalized spacial score (nSPS) is 10.8. The lowest BCUT2D eigenvalue weighted by Gasteiger charge is -2.12. The molecule has 9 nitrogen and oxygen atoms in total. The molecule has 0 radical (unpaired) electrons. The Hall–Kier alpha value is -4.40. The van der Waals surface area contributed by atoms with Crippen LogP contribution in [0.3, 0.4) is 0 Å². The van der Waals surface area contributed by atoms with E-state index in [1.54, 1.807) is 24.3 Å². The third-order valence-electron chi connectivity index (χ3n) is 5.14. The van der Waals surface area contributed by atoms with E-state index in [4.69, 9.17) is 0 Å². The second-order valence-corrected chi connectivity index (χ2v) is 7.50. The zero-order valence-corrected chi connectivity index (χ0v) is 17.5. The largest absolute Gasteiger partial charge is 0.426 e. The maximum atomic E-state index is 12.4. The molecule has 0 aliphatic carbocycles. The van der Waals surface area contributed by atoms with Crippen LogP contribution in [0, 0.1) is 10.1 Å². The number of imidazole rings is 1. The first-order chi connectivity index (χ1) is 15.3. The van der Waals surface area contributed by atoms with Crippen molar-refractivity contribution in [1.29, 1.82) is 0 Å². The van der Waals surface area contributed by atoms with Gasteiger partial charge in [-0.2, -0.15) is 4.73 Å². The summed E-state index contributed by atoms with van der Waals surface area (Å²) in [6.45, 7) is 0.344. The minimum atomic E-state index is -0.522. The van der Waals surface area contributed by atoms with Crippen LogP contribution in [-0.4, -0.2) is 39.8 Å². The van der Waals surface area contributed by atoms with Gasteiger partial charge in [-0.1, -0.05) is 24.3 Å². The summed E-state index contributed by atoms with van der Waals surface area (Å²) in [6.07, 6.45) is 0. The molecule has 162 valence electrons. The van der Waals surface area contributed by atoms with Gasteiger partial charge in [0.1, 0.15) is 5.52 Å². The Morgan fingerprint density at radius 3 is 2.41 bits per heavy atom. The zero-order valence-electron chi connectivity index (χ0n) is 17.5. The summed E-state index contributed by atoms with van der Waals surface area (Å²) in [5.74, 6) is 0.107. The number of fused-ring (bicyclic) bond motifs is 1. The molecule has 0 atom stereocenters. The van der Waals surface area contributed by atoms with Crippen molar-refractivity contribution >= 4 is 28.3 Å². The van der Waals surface area contributed by atoms with Gasteiger partial charge in [-0.3, -0.25) is 14.9 Å². The van der Waals surface area contributed by atoms with Crippen LogP contribution in [0.5, 0.6) is 0 Å². The topological polar surface area (TPSA) is 114 Å². The highest BCUT2D eigenvalue weighted by molar-refractivity contribution is 5.94. The molecule has 1 aromatic heterocycles. The Morgan fingerprint density at radius 2 is 1.78 bits per heavy atom. The van der Waals surface area contributed by atoms with Crippen molar-refractivity contribution in [2.45, 2.75) is 6.54 Å². The standard InChI is InChI=1S/C23H21N5O4/c1-26(2)18-9-7-17(8-10-18)23(29)24-14-15-3-5-16(6-4-15)22-25-20-12-11-19(28(31)32)13-21(20)27(22)30/h3-13,30H,14H2,1-2H3,(H,24,29). The van der Waals surface area contributed by atoms with Crippen LogP contribution in [-0.2, 0) is 6.54 Å². The van der Waals surface area contributed by atoms with Crippen molar-refractivity contribution in [3.05, 3.63) is 88.0 Å². The molecule has 0 unspecified atom stereocenters. The summed E-state index contributed by atoms with van der Waals surface area (Å²) in [6, 6.07) is 18.7. The third-order valence-corrected chi connectivity index (χ3v) is 5.14. The minimum Gasteiger partial charge on any atom is -0.426 e. The number of nitrogens with one attached hydrogen (secondary N) is 1. The number of carbonyl (C=O) groups is 1. The fourth-order valence-electron chi connectivity index (χ4n) is 3.32. The van der Waals surface area contributed by atoms with Crippen LogP contribution in [0.1, 0.15) is 15.9 Å². The van der Waals surface area contributed by atoms with Crippen LogP contribution in [0.25, 0.3) is 22.4 Å². The number of rotatable bonds is 6. The number of aromatic nitrogens is 2. The lowest BCUT2D eigenvalue weighted by Crippen LogP contribution is -2.22. The number of non-ortho nitro benzene ring substituents is 1. The number of amides is 1. The van der Waals surface area contributed by atoms with E-state index in [0.29, 0.717) is 23.2 Å². The highest BCUT2D eigenvalue weighted by Crippen LogP contribution is 2.26. The van der Waals surface area contributed by atoms with E-state index in [1.807, 2.05) is 43.3 Å². The van der Waals surface area contributed by atoms with Gasteiger partial charge >= 0.3 is 0 Å². The zero-order chi connectivity index (χ0) is 22.8. The van der Waals surface area contributed by atoms with E-state index in [1.165, 1.54) is 18.2 Å². The van der Waals surface area contributed by atoms with Gasteiger partial charge in [-0.15, -0.1) is 0 Å². The molecule has 2 N–H and O–H groups in total. The molecule has 0 bridgehead atoms. The predicted octanol–water partition coefficient (Wildman–Crippen LogP) is 3.84. The van der Waals surface area contributed by atoms with E-state index >= 15 is 0 Å². The average molecular weight is 431 g/mol. The first-order valence-corrected chi connectivity index (χ1v) is 9.84. The summed E-state index contributed by atoms with van der Waals surface area (Å²) in [5, 5.41) is 24.3. The number of anilines is 1. The van der Waals surface area contributed by atoms with Crippen molar-refractivity contribution in [2.24, 2.45) is 0 Å². The lowest BCUT2D eigenvalue weighted by molar-refractivity contribution is -0.384. The summed E-state index contributed by atoms with van der Waals surface area (Å²) < 4.78 is 0.844. The summed E-state index contributed by atoms with van der Waals surface area (Å²) in [4.78, 5) is 29.2. The molecule has 0 aliphatic heterocycles. The van der Waals surface area contributed by atoms with E-state index in [2.05, 4.69) is 10.3 Å². The first-order valence-electron chi connectivity index (χ1n) is 9.84. The Labute approximate surface area is 183 Å². The number of nitro groups is 1. The predicted molar refractivity (Wildman–Crippen MR) is 121 cm³/mol. The van der Waals surface area contributed by atoms with Crippen LogP contribution in [0.4, 0.5) is 11.4 Å². The van der Waals surface area contributed by atoms with Gasteiger partial charge in [0.05, 0.1) is 10.4 Å². The maximum absolute atomic E-state index is 12.4. The molecular formula is C23H21N5O4. The number of nitrogens with zero attached hydrogens (tertiary/aromatic N) is 4. The van der Waals surface area contributed by atoms with E-state index in [-0.39, 0.29) is 22.9 Å². The lowest BCUT2D eigenvalue weighted by atomic mass is 10.1. The Bertz CT molecular complexity index is 1290. The molecule has 32 heavy (non-hydrogen) atoms. The number of nitro benzene ring substituents is 1. The molecule has 0 aliphatic rings. The smallest absolute Gasteiger partial charge is 0.271 e. The minimum absolute atomic E-state index is 0.123. The van der Waals surface area contributed by atoms with Gasteiger partial charge in [0.2, 0.25) is 0 Å². The molecule has 0 saturated heterocycles. The monoisotopic (exact) mass is 431 g/mol. The van der Waals surface area contributed by atoms with Crippen molar-refractivity contribution in [3.63, 3.8) is 0 Å².